The van der Waals surface area contributed by atoms with Crippen LogP contribution in [0.2, 0.25) is 0 Å². The van der Waals surface area contributed by atoms with Gasteiger partial charge >= 0.3 is 5.97 Å². The maximum Gasteiger partial charge on any atom is 0.371 e. The minimum atomic E-state index is -1.62. The first-order valence-electron chi connectivity index (χ1n) is 7.49. The molecule has 2 heterocycles. The van der Waals surface area contributed by atoms with Crippen molar-refractivity contribution in [2.75, 3.05) is 20.8 Å². The standard InChI is InChI=1S/C16H17FN2O5/c1-19-13(21)10-11(14(19)22)16(7-20,15(23)24-2)18-12(10)8-4-3-5-9(17)6-8/h3-6,10-12,18,20H,7H2,1-2H3/p+1/t10-,11-,12+,16+/m0/s1. The Morgan fingerprint density at radius 3 is 2.71 bits per heavy atom. The van der Waals surface area contributed by atoms with E-state index in [0.717, 1.165) is 12.0 Å². The number of nitrogens with zero attached hydrogens (tertiary/aromatic N) is 1. The Hall–Kier alpha value is -2.32. The fourth-order valence-corrected chi connectivity index (χ4v) is 3.88. The van der Waals surface area contributed by atoms with Gasteiger partial charge in [0, 0.05) is 12.6 Å². The first kappa shape index (κ1) is 16.5. The summed E-state index contributed by atoms with van der Waals surface area (Å²) >= 11 is 0. The van der Waals surface area contributed by atoms with E-state index in [1.165, 1.54) is 30.6 Å². The highest BCUT2D eigenvalue weighted by Crippen LogP contribution is 2.43. The summed E-state index contributed by atoms with van der Waals surface area (Å²) in [5.41, 5.74) is -1.14. The van der Waals surface area contributed by atoms with E-state index in [9.17, 15) is 23.9 Å². The Morgan fingerprint density at radius 1 is 1.42 bits per heavy atom. The molecule has 0 bridgehead atoms. The van der Waals surface area contributed by atoms with Crippen molar-refractivity contribution in [2.24, 2.45) is 11.8 Å². The predicted molar refractivity (Wildman–Crippen MR) is 77.7 cm³/mol. The molecular formula is C16H18FN2O5+. The number of esters is 1. The van der Waals surface area contributed by atoms with E-state index in [0.29, 0.717) is 5.56 Å². The van der Waals surface area contributed by atoms with Crippen LogP contribution in [-0.2, 0) is 19.1 Å². The van der Waals surface area contributed by atoms with Crippen molar-refractivity contribution in [3.63, 3.8) is 0 Å². The molecule has 3 rings (SSSR count). The molecule has 0 spiro atoms. The summed E-state index contributed by atoms with van der Waals surface area (Å²) in [7, 11) is 2.49. The van der Waals surface area contributed by atoms with Gasteiger partial charge in [-0.25, -0.2) is 9.18 Å². The molecule has 2 amide bonds. The molecule has 0 saturated carbocycles. The first-order chi connectivity index (χ1) is 11.4. The van der Waals surface area contributed by atoms with E-state index in [1.807, 2.05) is 0 Å². The number of amides is 2. The van der Waals surface area contributed by atoms with Crippen molar-refractivity contribution >= 4 is 17.8 Å². The summed E-state index contributed by atoms with van der Waals surface area (Å²) in [4.78, 5) is 38.4. The minimum absolute atomic E-state index is 0.449. The van der Waals surface area contributed by atoms with Gasteiger partial charge in [-0.1, -0.05) is 12.1 Å². The Kier molecular flexibility index (Phi) is 3.89. The zero-order valence-corrected chi connectivity index (χ0v) is 13.2. The lowest BCUT2D eigenvalue weighted by Gasteiger charge is -2.26. The number of hydrogen-bond donors (Lipinski definition) is 2. The summed E-state index contributed by atoms with van der Waals surface area (Å²) in [6.45, 7) is -0.667. The molecule has 24 heavy (non-hydrogen) atoms. The molecule has 1 aromatic rings. The van der Waals surface area contributed by atoms with Crippen LogP contribution in [0.5, 0.6) is 0 Å². The van der Waals surface area contributed by atoms with Gasteiger partial charge in [0.2, 0.25) is 17.4 Å². The van der Waals surface area contributed by atoms with Crippen molar-refractivity contribution in [1.82, 2.24) is 4.90 Å². The molecule has 2 aliphatic rings. The number of carbonyl (C=O) groups excluding carboxylic acids is 3. The number of benzene rings is 1. The first-order valence-corrected chi connectivity index (χ1v) is 7.49. The smallest absolute Gasteiger partial charge is 0.371 e. The van der Waals surface area contributed by atoms with Crippen LogP contribution in [0.15, 0.2) is 24.3 Å². The topological polar surface area (TPSA) is 101 Å². The second-order valence-electron chi connectivity index (χ2n) is 6.18. The molecule has 0 radical (unpaired) electrons. The van der Waals surface area contributed by atoms with Crippen molar-refractivity contribution in [3.8, 4) is 0 Å². The highest BCUT2D eigenvalue weighted by molar-refractivity contribution is 6.08. The van der Waals surface area contributed by atoms with Crippen LogP contribution >= 0.6 is 0 Å². The number of methoxy groups -OCH3 is 1. The van der Waals surface area contributed by atoms with Gasteiger partial charge in [0.05, 0.1) is 7.11 Å². The van der Waals surface area contributed by atoms with Crippen LogP contribution in [0.4, 0.5) is 4.39 Å². The van der Waals surface area contributed by atoms with Gasteiger partial charge < -0.3 is 15.2 Å². The van der Waals surface area contributed by atoms with Gasteiger partial charge in [0.15, 0.2) is 0 Å². The van der Waals surface area contributed by atoms with Crippen LogP contribution in [0.3, 0.4) is 0 Å². The summed E-state index contributed by atoms with van der Waals surface area (Å²) < 4.78 is 18.4. The SMILES string of the molecule is COC(=O)[C@]1(CO)[NH2+][C@H](c2cccc(F)c2)[C@H]2C(=O)N(C)C(=O)[C@H]21. The lowest BCUT2D eigenvalue weighted by atomic mass is 9.79. The fourth-order valence-electron chi connectivity index (χ4n) is 3.88. The summed E-state index contributed by atoms with van der Waals surface area (Å²) in [5.74, 6) is -4.18. The largest absolute Gasteiger partial charge is 0.464 e. The van der Waals surface area contributed by atoms with Crippen LogP contribution in [0.25, 0.3) is 0 Å². The lowest BCUT2D eigenvalue weighted by Crippen LogP contribution is -2.99. The third-order valence-electron chi connectivity index (χ3n) is 5.05. The van der Waals surface area contributed by atoms with E-state index in [1.54, 1.807) is 6.07 Å². The number of fused-ring (bicyclic) bond motifs is 1. The highest BCUT2D eigenvalue weighted by atomic mass is 19.1. The monoisotopic (exact) mass is 337 g/mol. The van der Waals surface area contributed by atoms with Crippen LogP contribution in [0, 0.1) is 17.7 Å². The summed E-state index contributed by atoms with van der Waals surface area (Å²) in [6, 6.07) is 4.98. The normalized spacial score (nSPS) is 32.2. The molecule has 0 unspecified atom stereocenters. The zero-order valence-electron chi connectivity index (χ0n) is 13.2. The minimum Gasteiger partial charge on any atom is -0.464 e. The Balaban J connectivity index is 2.14. The number of carbonyl (C=O) groups is 3. The number of halogens is 1. The summed E-state index contributed by atoms with van der Waals surface area (Å²) in [5, 5.41) is 11.4. The lowest BCUT2D eigenvalue weighted by molar-refractivity contribution is -0.735. The Labute approximate surface area is 137 Å². The Bertz CT molecular complexity index is 724. The van der Waals surface area contributed by atoms with Crippen molar-refractivity contribution in [1.29, 1.82) is 0 Å². The van der Waals surface area contributed by atoms with Gasteiger partial charge in [-0.3, -0.25) is 14.5 Å². The van der Waals surface area contributed by atoms with E-state index in [2.05, 4.69) is 0 Å². The molecule has 2 aliphatic heterocycles. The molecule has 3 N–H and O–H groups in total. The molecule has 2 fully saturated rings. The third kappa shape index (κ3) is 2.06. The van der Waals surface area contributed by atoms with Crippen molar-refractivity contribution in [2.45, 2.75) is 11.6 Å². The molecule has 8 heteroatoms. The second kappa shape index (κ2) is 5.64. The van der Waals surface area contributed by atoms with Crippen molar-refractivity contribution < 1.29 is 33.9 Å². The van der Waals surface area contributed by atoms with Gasteiger partial charge in [-0.2, -0.15) is 0 Å². The number of aliphatic hydroxyl groups is 1. The maximum absolute atomic E-state index is 13.6. The molecule has 7 nitrogen and oxygen atoms in total. The molecule has 128 valence electrons. The molecule has 2 saturated heterocycles. The van der Waals surface area contributed by atoms with E-state index < -0.39 is 53.6 Å². The van der Waals surface area contributed by atoms with Crippen LogP contribution in [0.1, 0.15) is 11.6 Å². The molecule has 1 aromatic carbocycles. The average molecular weight is 337 g/mol. The van der Waals surface area contributed by atoms with E-state index in [-0.39, 0.29) is 0 Å². The van der Waals surface area contributed by atoms with Crippen molar-refractivity contribution in [3.05, 3.63) is 35.6 Å². The number of hydrogen-bond acceptors (Lipinski definition) is 5. The molecule has 0 aromatic heterocycles. The fraction of sp³-hybridized carbons (Fsp3) is 0.438. The number of ether oxygens (including phenoxy) is 1. The van der Waals surface area contributed by atoms with Crippen LogP contribution < -0.4 is 5.32 Å². The highest BCUT2D eigenvalue weighted by Gasteiger charge is 2.72. The van der Waals surface area contributed by atoms with E-state index >= 15 is 0 Å². The number of likely N-dealkylation sites (tertiary alicyclic amines) is 1. The van der Waals surface area contributed by atoms with Gasteiger partial charge in [0.1, 0.15) is 30.3 Å². The molecule has 4 atom stereocenters. The van der Waals surface area contributed by atoms with Gasteiger partial charge in [0.25, 0.3) is 0 Å². The Morgan fingerprint density at radius 2 is 2.12 bits per heavy atom. The third-order valence-corrected chi connectivity index (χ3v) is 5.05. The zero-order chi connectivity index (χ0) is 17.6. The van der Waals surface area contributed by atoms with Gasteiger partial charge in [-0.15, -0.1) is 0 Å². The quantitative estimate of drug-likeness (QED) is 0.521. The predicted octanol–water partition coefficient (Wildman–Crippen LogP) is -1.42. The molecular weight excluding hydrogens is 319 g/mol. The van der Waals surface area contributed by atoms with Crippen LogP contribution in [-0.4, -0.2) is 54.1 Å². The summed E-state index contributed by atoms with van der Waals surface area (Å²) in [6.07, 6.45) is 0. The molecule has 0 aliphatic carbocycles. The number of imide groups is 1. The number of quaternary nitrogens is 1. The number of rotatable bonds is 3. The second-order valence-corrected chi connectivity index (χ2v) is 6.18. The maximum atomic E-state index is 13.6. The number of nitrogens with two attached hydrogens (primary N) is 1. The average Bonchev–Trinajstić information content (AvgIpc) is 3.05. The van der Waals surface area contributed by atoms with E-state index in [4.69, 9.17) is 4.74 Å². The number of aliphatic hydroxyl groups excluding tert-OH is 1. The van der Waals surface area contributed by atoms with Gasteiger partial charge in [-0.05, 0) is 12.1 Å².